The number of ether oxygens (including phenoxy) is 3. The molecule has 1 aliphatic carbocycles. The molecule has 2 aliphatic rings. The predicted octanol–water partition coefficient (Wildman–Crippen LogP) is 4.02. The number of hydrogen-bond acceptors (Lipinski definition) is 5. The Hall–Kier alpha value is -3.08. The van der Waals surface area contributed by atoms with E-state index in [1.807, 2.05) is 36.4 Å². The van der Waals surface area contributed by atoms with E-state index in [0.717, 1.165) is 16.7 Å². The summed E-state index contributed by atoms with van der Waals surface area (Å²) in [4.78, 5) is 24.7. The molecule has 27 heavy (non-hydrogen) atoms. The van der Waals surface area contributed by atoms with Gasteiger partial charge in [0, 0.05) is 11.5 Å². The van der Waals surface area contributed by atoms with Crippen molar-refractivity contribution in [2.75, 3.05) is 7.11 Å². The van der Waals surface area contributed by atoms with E-state index >= 15 is 0 Å². The second kappa shape index (κ2) is 6.91. The van der Waals surface area contributed by atoms with Crippen molar-refractivity contribution in [2.24, 2.45) is 5.92 Å². The number of esters is 2. The van der Waals surface area contributed by atoms with Gasteiger partial charge in [0.2, 0.25) is 0 Å². The fraction of sp³-hybridized carbons (Fsp3) is 0.273. The first-order valence-electron chi connectivity index (χ1n) is 8.88. The van der Waals surface area contributed by atoms with Gasteiger partial charge in [0.15, 0.2) is 0 Å². The van der Waals surface area contributed by atoms with Crippen LogP contribution in [0.5, 0.6) is 11.5 Å². The molecule has 2 unspecified atom stereocenters. The van der Waals surface area contributed by atoms with Crippen LogP contribution in [0, 0.1) is 5.92 Å². The number of hydrogen-bond donors (Lipinski definition) is 0. The minimum Gasteiger partial charge on any atom is -0.489 e. The smallest absolute Gasteiger partial charge is 0.341 e. The molecule has 1 saturated carbocycles. The average Bonchev–Trinajstić information content (AvgIpc) is 3.09. The van der Waals surface area contributed by atoms with E-state index in [9.17, 15) is 9.59 Å². The summed E-state index contributed by atoms with van der Waals surface area (Å²) < 4.78 is 16.3. The summed E-state index contributed by atoms with van der Waals surface area (Å²) in [6.45, 7) is 4.40. The summed E-state index contributed by atoms with van der Waals surface area (Å²) in [6.07, 6.45) is 1.32. The largest absolute Gasteiger partial charge is 0.489 e. The molecule has 1 fully saturated rings. The number of benzene rings is 2. The summed E-state index contributed by atoms with van der Waals surface area (Å²) in [5, 5.41) is 0. The van der Waals surface area contributed by atoms with Crippen LogP contribution < -0.4 is 9.47 Å². The van der Waals surface area contributed by atoms with Gasteiger partial charge in [-0.25, -0.2) is 4.79 Å². The molecule has 0 saturated heterocycles. The maximum atomic E-state index is 12.4. The fourth-order valence-corrected chi connectivity index (χ4v) is 3.84. The van der Waals surface area contributed by atoms with Gasteiger partial charge in [-0.1, -0.05) is 42.5 Å². The molecule has 1 aliphatic heterocycles. The Balaban J connectivity index is 1.73. The van der Waals surface area contributed by atoms with Crippen molar-refractivity contribution in [3.8, 4) is 11.5 Å². The first-order chi connectivity index (χ1) is 13.1. The van der Waals surface area contributed by atoms with Gasteiger partial charge in [-0.05, 0) is 30.5 Å². The van der Waals surface area contributed by atoms with E-state index in [1.165, 1.54) is 7.11 Å². The highest BCUT2D eigenvalue weighted by Gasteiger charge is 2.44. The van der Waals surface area contributed by atoms with Crippen LogP contribution in [0.25, 0.3) is 0 Å². The number of carbonyl (C=O) groups is 2. The zero-order chi connectivity index (χ0) is 19.0. The van der Waals surface area contributed by atoms with Crippen LogP contribution in [-0.4, -0.2) is 19.0 Å². The summed E-state index contributed by atoms with van der Waals surface area (Å²) in [6, 6.07) is 13.2. The summed E-state index contributed by atoms with van der Waals surface area (Å²) in [7, 11) is 1.30. The van der Waals surface area contributed by atoms with E-state index in [4.69, 9.17) is 14.2 Å². The Morgan fingerprint density at radius 3 is 2.67 bits per heavy atom. The molecule has 0 aromatic heterocycles. The van der Waals surface area contributed by atoms with E-state index in [2.05, 4.69) is 6.58 Å². The molecule has 0 radical (unpaired) electrons. The van der Waals surface area contributed by atoms with Gasteiger partial charge >= 0.3 is 11.9 Å². The Morgan fingerprint density at radius 1 is 1.19 bits per heavy atom. The first-order valence-corrected chi connectivity index (χ1v) is 8.88. The molecule has 2 aromatic rings. The van der Waals surface area contributed by atoms with Crippen LogP contribution in [0.15, 0.2) is 54.6 Å². The van der Waals surface area contributed by atoms with Crippen molar-refractivity contribution in [1.82, 2.24) is 0 Å². The Labute approximate surface area is 157 Å². The third-order valence-corrected chi connectivity index (χ3v) is 5.15. The fourth-order valence-electron chi connectivity index (χ4n) is 3.84. The van der Waals surface area contributed by atoms with Crippen LogP contribution in [0.2, 0.25) is 0 Å². The van der Waals surface area contributed by atoms with E-state index < -0.39 is 5.97 Å². The molecule has 0 bridgehead atoms. The van der Waals surface area contributed by atoms with Crippen molar-refractivity contribution >= 4 is 11.9 Å². The molecular formula is C22H20O5. The molecule has 2 aromatic carbocycles. The van der Waals surface area contributed by atoms with Gasteiger partial charge < -0.3 is 14.2 Å². The van der Waals surface area contributed by atoms with Crippen LogP contribution in [0.4, 0.5) is 0 Å². The van der Waals surface area contributed by atoms with Crippen LogP contribution in [-0.2, 0) is 16.1 Å². The molecule has 138 valence electrons. The number of fused-ring (bicyclic) bond motifs is 3. The van der Waals surface area contributed by atoms with Gasteiger partial charge in [0.05, 0.1) is 13.0 Å². The van der Waals surface area contributed by atoms with Crippen molar-refractivity contribution in [3.05, 3.63) is 71.3 Å². The number of rotatable bonds is 4. The summed E-state index contributed by atoms with van der Waals surface area (Å²) in [5.41, 5.74) is 3.06. The van der Waals surface area contributed by atoms with Gasteiger partial charge in [0.1, 0.15) is 23.7 Å². The van der Waals surface area contributed by atoms with E-state index in [0.29, 0.717) is 25.2 Å². The summed E-state index contributed by atoms with van der Waals surface area (Å²) >= 11 is 0. The van der Waals surface area contributed by atoms with Crippen molar-refractivity contribution in [2.45, 2.75) is 25.4 Å². The predicted molar refractivity (Wildman–Crippen MR) is 98.8 cm³/mol. The highest BCUT2D eigenvalue weighted by molar-refractivity contribution is 5.96. The van der Waals surface area contributed by atoms with Crippen molar-refractivity contribution in [3.63, 3.8) is 0 Å². The molecule has 2 atom stereocenters. The average molecular weight is 364 g/mol. The van der Waals surface area contributed by atoms with E-state index in [1.54, 1.807) is 6.07 Å². The standard InChI is InChI=1S/C22H20O5/c1-13-8-16-17-10-15(26-12-14-6-4-3-5-7-14)11-19(21(23)25-2)20(17)27-22(24)18(16)9-13/h3-7,10-11,16,18H,1,8-9,12H2,2H3. The lowest BCUT2D eigenvalue weighted by Gasteiger charge is -2.28. The maximum Gasteiger partial charge on any atom is 0.341 e. The molecular weight excluding hydrogens is 344 g/mol. The zero-order valence-corrected chi connectivity index (χ0v) is 15.1. The van der Waals surface area contributed by atoms with Gasteiger partial charge in [-0.3, -0.25) is 4.79 Å². The van der Waals surface area contributed by atoms with Gasteiger partial charge in [-0.2, -0.15) is 0 Å². The van der Waals surface area contributed by atoms with Gasteiger partial charge in [0.25, 0.3) is 0 Å². The van der Waals surface area contributed by atoms with Crippen LogP contribution in [0.3, 0.4) is 0 Å². The SMILES string of the molecule is C=C1CC2C(=O)Oc3c(C(=O)OC)cc(OCc4ccccc4)cc3C2C1. The lowest BCUT2D eigenvalue weighted by Crippen LogP contribution is -2.29. The molecule has 0 N–H and O–H groups in total. The molecule has 4 rings (SSSR count). The quantitative estimate of drug-likeness (QED) is 0.466. The third kappa shape index (κ3) is 3.21. The lowest BCUT2D eigenvalue weighted by molar-refractivity contribution is -0.140. The molecule has 5 nitrogen and oxygen atoms in total. The topological polar surface area (TPSA) is 61.8 Å². The first kappa shape index (κ1) is 17.3. The van der Waals surface area contributed by atoms with Crippen molar-refractivity contribution < 1.29 is 23.8 Å². The second-order valence-corrected chi connectivity index (χ2v) is 6.95. The third-order valence-electron chi connectivity index (χ3n) is 5.15. The lowest BCUT2D eigenvalue weighted by atomic mass is 9.85. The minimum atomic E-state index is -0.556. The van der Waals surface area contributed by atoms with Crippen LogP contribution >= 0.6 is 0 Å². The summed E-state index contributed by atoms with van der Waals surface area (Å²) in [5.74, 6) is -0.326. The molecule has 0 spiro atoms. The van der Waals surface area contributed by atoms with Crippen LogP contribution in [0.1, 0.15) is 40.2 Å². The Morgan fingerprint density at radius 2 is 1.93 bits per heavy atom. The van der Waals surface area contributed by atoms with E-state index in [-0.39, 0.29) is 29.1 Å². The monoisotopic (exact) mass is 364 g/mol. The highest BCUT2D eigenvalue weighted by Crippen LogP contribution is 2.51. The molecule has 0 amide bonds. The van der Waals surface area contributed by atoms with Gasteiger partial charge in [-0.15, -0.1) is 0 Å². The number of methoxy groups -OCH3 is 1. The Bertz CT molecular complexity index is 916. The highest BCUT2D eigenvalue weighted by atomic mass is 16.5. The maximum absolute atomic E-state index is 12.4. The zero-order valence-electron chi connectivity index (χ0n) is 15.1. The number of allylic oxidation sites excluding steroid dienone is 1. The molecule has 1 heterocycles. The van der Waals surface area contributed by atoms with Crippen molar-refractivity contribution in [1.29, 1.82) is 0 Å². The Kier molecular flexibility index (Phi) is 4.44. The molecule has 5 heteroatoms. The second-order valence-electron chi connectivity index (χ2n) is 6.95. The number of carbonyl (C=O) groups excluding carboxylic acids is 2. The normalized spacial score (nSPS) is 20.5. The minimum absolute atomic E-state index is 0.0440.